The molecule has 3 rings (SSSR count). The van der Waals surface area contributed by atoms with E-state index in [0.29, 0.717) is 12.0 Å². The van der Waals surface area contributed by atoms with Crippen LogP contribution in [0.3, 0.4) is 0 Å². The van der Waals surface area contributed by atoms with Crippen LogP contribution in [0.2, 0.25) is 0 Å². The molecule has 1 unspecified atom stereocenters. The van der Waals surface area contributed by atoms with Gasteiger partial charge < -0.3 is 10.3 Å². The van der Waals surface area contributed by atoms with Gasteiger partial charge in [-0.3, -0.25) is 0 Å². The Morgan fingerprint density at radius 2 is 2.28 bits per heavy atom. The van der Waals surface area contributed by atoms with Gasteiger partial charge in [-0.25, -0.2) is 4.98 Å². The van der Waals surface area contributed by atoms with Crippen molar-refractivity contribution in [3.05, 3.63) is 22.7 Å². The summed E-state index contributed by atoms with van der Waals surface area (Å²) in [7, 11) is 0. The van der Waals surface area contributed by atoms with Crippen molar-refractivity contribution < 1.29 is 0 Å². The Morgan fingerprint density at radius 1 is 1.50 bits per heavy atom. The number of hydrogen-bond acceptors (Lipinski definition) is 2. The molecule has 0 spiro atoms. The number of nitrogens with zero attached hydrogens (tertiary/aromatic N) is 2. The average Bonchev–Trinajstić information content (AvgIpc) is 3.10. The van der Waals surface area contributed by atoms with Crippen LogP contribution < -0.4 is 5.73 Å². The molecule has 0 amide bonds. The Labute approximate surface area is 116 Å². The molecule has 1 aromatic carbocycles. The molecule has 1 aromatic heterocycles. The van der Waals surface area contributed by atoms with Crippen molar-refractivity contribution in [2.45, 2.75) is 38.6 Å². The summed E-state index contributed by atoms with van der Waals surface area (Å²) in [6, 6.07) is 6.64. The topological polar surface area (TPSA) is 43.8 Å². The lowest BCUT2D eigenvalue weighted by Gasteiger charge is -2.19. The van der Waals surface area contributed by atoms with E-state index in [4.69, 9.17) is 5.73 Å². The summed E-state index contributed by atoms with van der Waals surface area (Å²) in [5.74, 6) is 1.55. The Hall–Kier alpha value is -1.03. The first-order valence-corrected chi connectivity index (χ1v) is 7.41. The standard InChI is InChI=1S/C14H18BrN3/c1-2-11(7-9-3-4-9)18-13-8-10(15)5-6-12(13)17-14(18)16/h5-6,8-9,11H,2-4,7H2,1H3,(H2,16,17). The maximum atomic E-state index is 6.11. The monoisotopic (exact) mass is 307 g/mol. The molecule has 1 heterocycles. The molecule has 18 heavy (non-hydrogen) atoms. The summed E-state index contributed by atoms with van der Waals surface area (Å²) >= 11 is 3.53. The number of anilines is 1. The van der Waals surface area contributed by atoms with Crippen LogP contribution in [0.4, 0.5) is 5.95 Å². The van der Waals surface area contributed by atoms with E-state index >= 15 is 0 Å². The molecule has 4 heteroatoms. The second-order valence-electron chi connectivity index (χ2n) is 5.21. The van der Waals surface area contributed by atoms with Gasteiger partial charge >= 0.3 is 0 Å². The number of fused-ring (bicyclic) bond motifs is 1. The number of imidazole rings is 1. The van der Waals surface area contributed by atoms with Crippen LogP contribution in [0.15, 0.2) is 22.7 Å². The number of nitrogen functional groups attached to an aromatic ring is 1. The zero-order valence-electron chi connectivity index (χ0n) is 10.6. The van der Waals surface area contributed by atoms with Crippen molar-refractivity contribution in [1.29, 1.82) is 0 Å². The number of aromatic nitrogens is 2. The van der Waals surface area contributed by atoms with Crippen molar-refractivity contribution >= 4 is 32.9 Å². The first kappa shape index (κ1) is 12.0. The fourth-order valence-corrected chi connectivity index (χ4v) is 3.01. The quantitative estimate of drug-likeness (QED) is 0.923. The van der Waals surface area contributed by atoms with E-state index in [9.17, 15) is 0 Å². The van der Waals surface area contributed by atoms with Crippen molar-refractivity contribution in [3.63, 3.8) is 0 Å². The Morgan fingerprint density at radius 3 is 2.94 bits per heavy atom. The second-order valence-corrected chi connectivity index (χ2v) is 6.13. The molecule has 1 aliphatic rings. The summed E-state index contributed by atoms with van der Waals surface area (Å²) in [6.45, 7) is 2.23. The molecule has 96 valence electrons. The smallest absolute Gasteiger partial charge is 0.201 e. The Kier molecular flexibility index (Phi) is 3.06. The highest BCUT2D eigenvalue weighted by Gasteiger charge is 2.27. The molecule has 2 aromatic rings. The third kappa shape index (κ3) is 2.14. The average molecular weight is 308 g/mol. The molecule has 3 nitrogen and oxygen atoms in total. The van der Waals surface area contributed by atoms with Gasteiger partial charge in [0.15, 0.2) is 0 Å². The Balaban J connectivity index is 2.07. The highest BCUT2D eigenvalue weighted by atomic mass is 79.9. The third-order valence-electron chi connectivity index (χ3n) is 3.82. The first-order chi connectivity index (χ1) is 8.69. The fraction of sp³-hybridized carbons (Fsp3) is 0.500. The van der Waals surface area contributed by atoms with E-state index < -0.39 is 0 Å². The summed E-state index contributed by atoms with van der Waals surface area (Å²) in [4.78, 5) is 4.47. The van der Waals surface area contributed by atoms with Crippen LogP contribution >= 0.6 is 15.9 Å². The maximum Gasteiger partial charge on any atom is 0.201 e. The van der Waals surface area contributed by atoms with Gasteiger partial charge in [0.1, 0.15) is 0 Å². The van der Waals surface area contributed by atoms with Crippen LogP contribution in [0, 0.1) is 5.92 Å². The number of benzene rings is 1. The van der Waals surface area contributed by atoms with Gasteiger partial charge in [0.2, 0.25) is 5.95 Å². The van der Waals surface area contributed by atoms with Crippen LogP contribution in [-0.4, -0.2) is 9.55 Å². The second kappa shape index (κ2) is 4.57. The molecule has 2 N–H and O–H groups in total. The molecule has 1 fully saturated rings. The van der Waals surface area contributed by atoms with Gasteiger partial charge in [0.05, 0.1) is 11.0 Å². The highest BCUT2D eigenvalue weighted by Crippen LogP contribution is 2.39. The zero-order valence-corrected chi connectivity index (χ0v) is 12.2. The minimum Gasteiger partial charge on any atom is -0.369 e. The fourth-order valence-electron chi connectivity index (χ4n) is 2.66. The molecule has 0 bridgehead atoms. The SMILES string of the molecule is CCC(CC1CC1)n1c(N)nc2ccc(Br)cc21. The summed E-state index contributed by atoms with van der Waals surface area (Å²) < 4.78 is 3.30. The van der Waals surface area contributed by atoms with Crippen LogP contribution in [-0.2, 0) is 0 Å². The summed E-state index contributed by atoms with van der Waals surface area (Å²) in [5.41, 5.74) is 8.25. The van der Waals surface area contributed by atoms with Crippen LogP contribution in [0.25, 0.3) is 11.0 Å². The molecule has 0 saturated heterocycles. The molecule has 0 aliphatic heterocycles. The lowest BCUT2D eigenvalue weighted by molar-refractivity contribution is 0.442. The van der Waals surface area contributed by atoms with Gasteiger partial charge in [-0.1, -0.05) is 35.7 Å². The van der Waals surface area contributed by atoms with Gasteiger partial charge in [-0.05, 0) is 37.0 Å². The minimum absolute atomic E-state index is 0.483. The van der Waals surface area contributed by atoms with Gasteiger partial charge in [-0.2, -0.15) is 0 Å². The number of nitrogens with two attached hydrogens (primary N) is 1. The van der Waals surface area contributed by atoms with E-state index in [1.165, 1.54) is 19.3 Å². The predicted molar refractivity (Wildman–Crippen MR) is 78.5 cm³/mol. The highest BCUT2D eigenvalue weighted by molar-refractivity contribution is 9.10. The van der Waals surface area contributed by atoms with E-state index in [1.807, 2.05) is 12.1 Å². The van der Waals surface area contributed by atoms with Crippen molar-refractivity contribution in [2.75, 3.05) is 5.73 Å². The summed E-state index contributed by atoms with van der Waals surface area (Å²) in [6.07, 6.45) is 5.11. The number of hydrogen-bond donors (Lipinski definition) is 1. The van der Waals surface area contributed by atoms with Crippen LogP contribution in [0.5, 0.6) is 0 Å². The van der Waals surface area contributed by atoms with Crippen molar-refractivity contribution in [3.8, 4) is 0 Å². The molecule has 1 saturated carbocycles. The molecule has 0 radical (unpaired) electrons. The minimum atomic E-state index is 0.483. The maximum absolute atomic E-state index is 6.11. The number of rotatable bonds is 4. The third-order valence-corrected chi connectivity index (χ3v) is 4.31. The lowest BCUT2D eigenvalue weighted by atomic mass is 10.1. The molecule has 1 aliphatic carbocycles. The van der Waals surface area contributed by atoms with Gasteiger partial charge in [0.25, 0.3) is 0 Å². The number of halogens is 1. The normalized spacial score (nSPS) is 17.2. The van der Waals surface area contributed by atoms with Crippen LogP contribution in [0.1, 0.15) is 38.6 Å². The summed E-state index contributed by atoms with van der Waals surface area (Å²) in [5, 5.41) is 0. The van der Waals surface area contributed by atoms with Crippen molar-refractivity contribution in [1.82, 2.24) is 9.55 Å². The van der Waals surface area contributed by atoms with E-state index in [1.54, 1.807) is 0 Å². The lowest BCUT2D eigenvalue weighted by Crippen LogP contribution is -2.12. The predicted octanol–water partition coefficient (Wildman–Crippen LogP) is 4.13. The zero-order chi connectivity index (χ0) is 12.7. The largest absolute Gasteiger partial charge is 0.369 e. The van der Waals surface area contributed by atoms with Gasteiger partial charge in [-0.15, -0.1) is 0 Å². The molecule has 1 atom stereocenters. The van der Waals surface area contributed by atoms with E-state index in [2.05, 4.69) is 38.5 Å². The van der Waals surface area contributed by atoms with E-state index in [0.717, 1.165) is 27.8 Å². The molecular formula is C14H18BrN3. The van der Waals surface area contributed by atoms with E-state index in [-0.39, 0.29) is 0 Å². The van der Waals surface area contributed by atoms with Gasteiger partial charge in [0, 0.05) is 10.5 Å². The molecular weight excluding hydrogens is 290 g/mol. The first-order valence-electron chi connectivity index (χ1n) is 6.62. The Bertz CT molecular complexity index is 572. The van der Waals surface area contributed by atoms with Crippen molar-refractivity contribution in [2.24, 2.45) is 5.92 Å².